The van der Waals surface area contributed by atoms with Crippen LogP contribution in [-0.2, 0) is 28.7 Å². The van der Waals surface area contributed by atoms with Crippen LogP contribution in [0.1, 0.15) is 30.9 Å². The number of carbonyl (C=O) groups is 1. The molecule has 0 radical (unpaired) electrons. The molecule has 1 saturated heterocycles. The van der Waals surface area contributed by atoms with Gasteiger partial charge in [-0.2, -0.15) is 0 Å². The normalized spacial score (nSPS) is 14.6. The van der Waals surface area contributed by atoms with Crippen LogP contribution in [0.2, 0.25) is 0 Å². The minimum atomic E-state index is -0.241. The van der Waals surface area contributed by atoms with Crippen LogP contribution in [-0.4, -0.2) is 57.7 Å². The fourth-order valence-electron chi connectivity index (χ4n) is 4.51. The minimum absolute atomic E-state index is 0.0423. The Morgan fingerprint density at radius 3 is 2.61 bits per heavy atom. The SMILES string of the molecule is CC(=[NH2+])OC(=N)c1cccc(-n2ccc(N(C(=O)/C([SH2+])=C/C=N)C3CCN(Cc4ccccc4)CC3)n2)c1. The van der Waals surface area contributed by atoms with Crippen molar-refractivity contribution in [3.05, 3.63) is 89.0 Å². The average molecular weight is 532 g/mol. The van der Waals surface area contributed by atoms with Crippen LogP contribution >= 0.6 is 0 Å². The van der Waals surface area contributed by atoms with Gasteiger partial charge in [0, 0.05) is 68.4 Å². The number of ether oxygens (including phenoxy) is 1. The summed E-state index contributed by atoms with van der Waals surface area (Å²) in [4.78, 5) is 17.9. The molecule has 0 aliphatic carbocycles. The van der Waals surface area contributed by atoms with E-state index in [9.17, 15) is 4.79 Å². The Balaban J connectivity index is 1.55. The lowest BCUT2D eigenvalue weighted by atomic mass is 10.0. The molecule has 38 heavy (non-hydrogen) atoms. The van der Waals surface area contributed by atoms with Crippen LogP contribution < -0.4 is 10.3 Å². The number of amides is 1. The van der Waals surface area contributed by atoms with Gasteiger partial charge < -0.3 is 10.1 Å². The number of nitrogens with one attached hydrogen (secondary N) is 2. The number of nitrogens with zero attached hydrogens (tertiary/aromatic N) is 4. The summed E-state index contributed by atoms with van der Waals surface area (Å²) in [6.07, 6.45) is 5.91. The molecule has 0 saturated carbocycles. The number of anilines is 1. The summed E-state index contributed by atoms with van der Waals surface area (Å²) in [7, 11) is 0. The molecule has 0 spiro atoms. The first-order valence-electron chi connectivity index (χ1n) is 12.4. The van der Waals surface area contributed by atoms with Crippen LogP contribution in [0, 0.1) is 10.8 Å². The van der Waals surface area contributed by atoms with Crippen molar-refractivity contribution in [2.75, 3.05) is 18.0 Å². The van der Waals surface area contributed by atoms with Crippen molar-refractivity contribution in [3.8, 4) is 5.69 Å². The standard InChI is InChI=1S/C28H31N7O2S/c1-20(30)37-27(31)22-8-5-9-24(18-22)34-17-13-26(32-34)35(28(36)25(38)10-14-29)23-11-15-33(16-12-23)19-21-6-3-2-4-7-21/h2-10,13-14,17-18,23,29-31,38H,11-12,15-16,19H2,1H3/p+2/b25-10-,29-14?,30-20?,31-27?. The van der Waals surface area contributed by atoms with E-state index < -0.39 is 0 Å². The Labute approximate surface area is 227 Å². The van der Waals surface area contributed by atoms with Gasteiger partial charge in [0.2, 0.25) is 10.8 Å². The predicted molar refractivity (Wildman–Crippen MR) is 153 cm³/mol. The number of carbonyl (C=O) groups excluding carboxylic acids is 1. The van der Waals surface area contributed by atoms with Gasteiger partial charge in [-0.25, -0.2) is 10.1 Å². The Bertz CT molecular complexity index is 1340. The number of piperidine rings is 1. The molecule has 4 N–H and O–H groups in total. The molecular weight excluding hydrogens is 498 g/mol. The second kappa shape index (κ2) is 12.5. The first-order valence-corrected chi connectivity index (χ1v) is 12.9. The summed E-state index contributed by atoms with van der Waals surface area (Å²) in [5.74, 6) is 0.413. The highest BCUT2D eigenvalue weighted by Crippen LogP contribution is 2.26. The van der Waals surface area contributed by atoms with Crippen LogP contribution in [0.3, 0.4) is 0 Å². The summed E-state index contributed by atoms with van der Waals surface area (Å²) < 4.78 is 6.91. The number of aromatic nitrogens is 2. The summed E-state index contributed by atoms with van der Waals surface area (Å²) in [6, 6.07) is 19.4. The Morgan fingerprint density at radius 1 is 1.18 bits per heavy atom. The third-order valence-corrected chi connectivity index (χ3v) is 6.71. The Morgan fingerprint density at radius 2 is 1.92 bits per heavy atom. The molecule has 10 heteroatoms. The van der Waals surface area contributed by atoms with E-state index in [1.54, 1.807) is 34.8 Å². The minimum Gasteiger partial charge on any atom is -0.390 e. The van der Waals surface area contributed by atoms with Crippen molar-refractivity contribution in [1.29, 1.82) is 10.8 Å². The molecule has 1 fully saturated rings. The molecule has 9 nitrogen and oxygen atoms in total. The highest BCUT2D eigenvalue weighted by molar-refractivity contribution is 7.65. The van der Waals surface area contributed by atoms with Gasteiger partial charge in [0.1, 0.15) is 0 Å². The van der Waals surface area contributed by atoms with Gasteiger partial charge in [-0.15, -0.1) is 5.10 Å². The maximum atomic E-state index is 13.5. The molecule has 1 aromatic heterocycles. The van der Waals surface area contributed by atoms with Crippen molar-refractivity contribution in [2.45, 2.75) is 32.4 Å². The van der Waals surface area contributed by atoms with E-state index >= 15 is 0 Å². The predicted octanol–water partition coefficient (Wildman–Crippen LogP) is 1.93. The van der Waals surface area contributed by atoms with Gasteiger partial charge in [0.15, 0.2) is 5.82 Å². The fraction of sp³-hybridized carbons (Fsp3) is 0.250. The van der Waals surface area contributed by atoms with E-state index in [2.05, 4.69) is 41.8 Å². The Hall–Kier alpha value is -4.02. The number of allylic oxidation sites excluding steroid dienone is 1. The van der Waals surface area contributed by atoms with Crippen molar-refractivity contribution >= 4 is 42.4 Å². The molecule has 3 aromatic rings. The summed E-state index contributed by atoms with van der Waals surface area (Å²) >= 11 is 3.40. The third kappa shape index (κ3) is 6.64. The van der Waals surface area contributed by atoms with Crippen molar-refractivity contribution in [1.82, 2.24) is 14.7 Å². The monoisotopic (exact) mass is 531 g/mol. The Kier molecular flexibility index (Phi) is 8.88. The number of nitrogens with two attached hydrogens (primary N) is 1. The summed E-state index contributed by atoms with van der Waals surface area (Å²) in [6.45, 7) is 4.18. The van der Waals surface area contributed by atoms with Gasteiger partial charge in [-0.3, -0.25) is 20.0 Å². The highest BCUT2D eigenvalue weighted by atomic mass is 32.1. The molecule has 0 unspecified atom stereocenters. The van der Waals surface area contributed by atoms with E-state index in [0.29, 0.717) is 16.3 Å². The molecule has 2 aromatic carbocycles. The lowest BCUT2D eigenvalue weighted by Gasteiger charge is -2.37. The molecule has 196 valence electrons. The number of rotatable bonds is 8. The molecule has 1 aliphatic heterocycles. The van der Waals surface area contributed by atoms with Gasteiger partial charge in [0.25, 0.3) is 0 Å². The van der Waals surface area contributed by atoms with Gasteiger partial charge in [0.05, 0.1) is 12.6 Å². The summed E-state index contributed by atoms with van der Waals surface area (Å²) in [5.41, 5.74) is 2.55. The van der Waals surface area contributed by atoms with Crippen LogP contribution in [0.25, 0.3) is 5.69 Å². The maximum Gasteiger partial charge on any atom is 0.336 e. The second-order valence-electron chi connectivity index (χ2n) is 9.13. The van der Waals surface area contributed by atoms with Gasteiger partial charge in [-0.1, -0.05) is 36.4 Å². The molecule has 2 heterocycles. The molecule has 4 rings (SSSR count). The number of hydrogen-bond acceptors (Lipinski definition) is 6. The van der Waals surface area contributed by atoms with E-state index in [4.69, 9.17) is 26.1 Å². The topological polar surface area (TPSA) is 124 Å². The quantitative estimate of drug-likeness (QED) is 0.178. The lowest BCUT2D eigenvalue weighted by Crippen LogP contribution is -2.48. The lowest BCUT2D eigenvalue weighted by molar-refractivity contribution is -0.133. The number of hydrogen-bond donors (Lipinski definition) is 3. The van der Waals surface area contributed by atoms with E-state index in [0.717, 1.165) is 44.4 Å². The zero-order chi connectivity index (χ0) is 27.1. The second-order valence-corrected chi connectivity index (χ2v) is 9.66. The summed E-state index contributed by atoms with van der Waals surface area (Å²) in [5, 5.41) is 25.8. The molecule has 0 bridgehead atoms. The molecular formula is C28H33N7O2S+2. The van der Waals surface area contributed by atoms with Crippen molar-refractivity contribution < 1.29 is 14.9 Å². The third-order valence-electron chi connectivity index (χ3n) is 6.33. The molecule has 1 amide bonds. The maximum absolute atomic E-state index is 13.5. The zero-order valence-electron chi connectivity index (χ0n) is 21.3. The average Bonchev–Trinajstić information content (AvgIpc) is 3.40. The number of likely N-dealkylation sites (tertiary alicyclic amines) is 1. The van der Waals surface area contributed by atoms with Crippen molar-refractivity contribution in [2.24, 2.45) is 0 Å². The van der Waals surface area contributed by atoms with E-state index in [1.165, 1.54) is 11.6 Å². The van der Waals surface area contributed by atoms with E-state index in [-0.39, 0.29) is 23.7 Å². The van der Waals surface area contributed by atoms with Gasteiger partial charge >= 0.3 is 11.8 Å². The smallest absolute Gasteiger partial charge is 0.336 e. The first kappa shape index (κ1) is 27.0. The highest BCUT2D eigenvalue weighted by Gasteiger charge is 2.33. The van der Waals surface area contributed by atoms with E-state index in [1.807, 2.05) is 24.3 Å². The van der Waals surface area contributed by atoms with Crippen LogP contribution in [0.15, 0.2) is 77.8 Å². The molecule has 1 aliphatic rings. The first-order chi connectivity index (χ1) is 18.4. The largest absolute Gasteiger partial charge is 0.390 e. The molecule has 0 atom stereocenters. The fourth-order valence-corrected chi connectivity index (χ4v) is 4.72. The van der Waals surface area contributed by atoms with Crippen molar-refractivity contribution in [3.63, 3.8) is 0 Å². The number of benzene rings is 2. The zero-order valence-corrected chi connectivity index (χ0v) is 22.3. The van der Waals surface area contributed by atoms with Gasteiger partial charge in [-0.05, 0) is 36.6 Å². The van der Waals surface area contributed by atoms with Crippen LogP contribution in [0.4, 0.5) is 5.82 Å². The van der Waals surface area contributed by atoms with Crippen LogP contribution in [0.5, 0.6) is 0 Å².